The Morgan fingerprint density at radius 3 is 2.23 bits per heavy atom. The van der Waals surface area contributed by atoms with Gasteiger partial charge in [-0.2, -0.15) is 9.97 Å². The first kappa shape index (κ1) is 18.2. The average molecular weight is 356 g/mol. The highest BCUT2D eigenvalue weighted by atomic mass is 16.5. The van der Waals surface area contributed by atoms with Gasteiger partial charge >= 0.3 is 6.01 Å². The summed E-state index contributed by atoms with van der Waals surface area (Å²) >= 11 is 0. The number of benzene rings is 1. The van der Waals surface area contributed by atoms with Gasteiger partial charge in [0, 0.05) is 23.1 Å². The molecule has 0 amide bonds. The van der Waals surface area contributed by atoms with Crippen LogP contribution in [0.3, 0.4) is 0 Å². The third-order valence-corrected chi connectivity index (χ3v) is 4.43. The van der Waals surface area contributed by atoms with Crippen LogP contribution in [0.5, 0.6) is 6.01 Å². The molecule has 0 atom stereocenters. The van der Waals surface area contributed by atoms with E-state index in [1.165, 1.54) is 0 Å². The highest BCUT2D eigenvalue weighted by molar-refractivity contribution is 6.03. The number of rotatable bonds is 6. The molecule has 6 nitrogen and oxygen atoms in total. The van der Waals surface area contributed by atoms with Crippen LogP contribution in [0, 0.1) is 13.8 Å². The van der Waals surface area contributed by atoms with Crippen LogP contribution in [-0.4, -0.2) is 39.5 Å². The van der Waals surface area contributed by atoms with Gasteiger partial charge in [0.25, 0.3) is 0 Å². The second kappa shape index (κ2) is 6.61. The topological polar surface area (TPSA) is 84.7 Å². The summed E-state index contributed by atoms with van der Waals surface area (Å²) in [6.45, 7) is 7.59. The lowest BCUT2D eigenvalue weighted by atomic mass is 9.85. The Morgan fingerprint density at radius 2 is 1.65 bits per heavy atom. The summed E-state index contributed by atoms with van der Waals surface area (Å²) in [5, 5.41) is 20.1. The molecule has 0 bridgehead atoms. The van der Waals surface area contributed by atoms with Crippen molar-refractivity contribution in [2.75, 3.05) is 13.7 Å². The maximum absolute atomic E-state index is 10.3. The monoisotopic (exact) mass is 356 g/mol. The number of ether oxygens (including phenoxy) is 2. The Labute approximate surface area is 153 Å². The minimum atomic E-state index is -0.792. The minimum Gasteiger partial charge on any atom is -0.504 e. The van der Waals surface area contributed by atoms with Gasteiger partial charge in [0.05, 0.1) is 30.7 Å². The van der Waals surface area contributed by atoms with Crippen molar-refractivity contribution in [3.05, 3.63) is 40.7 Å². The summed E-state index contributed by atoms with van der Waals surface area (Å²) in [6.07, 6.45) is 0.487. The standard InChI is InChI=1S/C20H24N2O4/c1-11-15(12(2)22-19(21-11)26-10-9-20(3,4)24)13-7-6-8-14-16(13)17(23)18(14)25-5/h6-8,23-24H,9-10H2,1-5H3. The van der Waals surface area contributed by atoms with Gasteiger partial charge in [-0.25, -0.2) is 0 Å². The van der Waals surface area contributed by atoms with Crippen molar-refractivity contribution in [3.63, 3.8) is 0 Å². The van der Waals surface area contributed by atoms with Crippen molar-refractivity contribution in [1.29, 1.82) is 0 Å². The summed E-state index contributed by atoms with van der Waals surface area (Å²) < 4.78 is 10.8. The number of hydrogen-bond acceptors (Lipinski definition) is 6. The summed E-state index contributed by atoms with van der Waals surface area (Å²) in [5.74, 6) is 0.659. The third kappa shape index (κ3) is 3.24. The van der Waals surface area contributed by atoms with Gasteiger partial charge in [-0.1, -0.05) is 18.2 Å². The number of aryl methyl sites for hydroxylation is 2. The van der Waals surface area contributed by atoms with Gasteiger partial charge in [-0.05, 0) is 33.3 Å². The lowest BCUT2D eigenvalue weighted by Crippen LogP contribution is -2.22. The van der Waals surface area contributed by atoms with Crippen LogP contribution in [0.25, 0.3) is 22.6 Å². The molecule has 0 saturated heterocycles. The number of nitrogens with zero attached hydrogens (tertiary/aromatic N) is 2. The number of aliphatic hydroxyl groups excluding tert-OH is 1. The molecule has 0 spiro atoms. The first-order valence-electron chi connectivity index (χ1n) is 8.54. The van der Waals surface area contributed by atoms with Crippen LogP contribution in [0.4, 0.5) is 0 Å². The molecule has 0 unspecified atom stereocenters. The van der Waals surface area contributed by atoms with Gasteiger partial charge in [-0.15, -0.1) is 0 Å². The average Bonchev–Trinajstić information content (AvgIpc) is 2.53. The predicted molar refractivity (Wildman–Crippen MR) is 99.8 cm³/mol. The largest absolute Gasteiger partial charge is 0.504 e. The molecule has 3 rings (SSSR count). The molecule has 1 heterocycles. The second-order valence-electron chi connectivity index (χ2n) is 7.07. The van der Waals surface area contributed by atoms with E-state index in [4.69, 9.17) is 9.47 Å². The lowest BCUT2D eigenvalue weighted by Gasteiger charge is -2.25. The maximum Gasteiger partial charge on any atom is 0.316 e. The van der Waals surface area contributed by atoms with E-state index in [9.17, 15) is 10.2 Å². The molecule has 0 aliphatic heterocycles. The number of hydrogen-bond donors (Lipinski definition) is 2. The first-order chi connectivity index (χ1) is 12.2. The second-order valence-corrected chi connectivity index (χ2v) is 7.07. The van der Waals surface area contributed by atoms with E-state index in [1.807, 2.05) is 32.0 Å². The Hall–Kier alpha value is -2.60. The molecule has 6 heteroatoms. The van der Waals surface area contributed by atoms with Crippen LogP contribution in [0.15, 0.2) is 18.2 Å². The van der Waals surface area contributed by atoms with Gasteiger partial charge in [-0.3, -0.25) is 0 Å². The zero-order valence-electron chi connectivity index (χ0n) is 15.8. The molecule has 1 aromatic carbocycles. The third-order valence-electron chi connectivity index (χ3n) is 4.43. The Balaban J connectivity index is 1.92. The molecule has 0 saturated carbocycles. The Morgan fingerprint density at radius 1 is 1.04 bits per heavy atom. The zero-order chi connectivity index (χ0) is 19.1. The fourth-order valence-corrected chi connectivity index (χ4v) is 3.12. The summed E-state index contributed by atoms with van der Waals surface area (Å²) in [5.41, 5.74) is 4.13. The smallest absolute Gasteiger partial charge is 0.316 e. The van der Waals surface area contributed by atoms with Gasteiger partial charge in [0.2, 0.25) is 0 Å². The molecule has 2 aromatic rings. The van der Waals surface area contributed by atoms with Crippen molar-refractivity contribution < 1.29 is 19.7 Å². The van der Waals surface area contributed by atoms with Crippen molar-refractivity contribution in [2.24, 2.45) is 0 Å². The van der Waals surface area contributed by atoms with Crippen molar-refractivity contribution >= 4 is 11.5 Å². The van der Waals surface area contributed by atoms with Crippen LogP contribution in [-0.2, 0) is 4.74 Å². The van der Waals surface area contributed by atoms with Crippen LogP contribution < -0.4 is 4.74 Å². The van der Waals surface area contributed by atoms with Crippen molar-refractivity contribution in [3.8, 4) is 17.1 Å². The van der Waals surface area contributed by atoms with E-state index in [0.717, 1.165) is 33.6 Å². The van der Waals surface area contributed by atoms with Gasteiger partial charge < -0.3 is 19.7 Å². The molecule has 1 aliphatic carbocycles. The highest BCUT2D eigenvalue weighted by Gasteiger charge is 2.31. The molecule has 138 valence electrons. The minimum absolute atomic E-state index is 0.155. The number of aromatic nitrogens is 2. The molecule has 1 aromatic heterocycles. The predicted octanol–water partition coefficient (Wildman–Crippen LogP) is 3.64. The van der Waals surface area contributed by atoms with Crippen molar-refractivity contribution in [1.82, 2.24) is 9.97 Å². The molecule has 0 radical (unpaired) electrons. The summed E-state index contributed by atoms with van der Waals surface area (Å²) in [6, 6.07) is 6.07. The zero-order valence-corrected chi connectivity index (χ0v) is 15.8. The molecule has 0 fully saturated rings. The van der Waals surface area contributed by atoms with Crippen molar-refractivity contribution in [2.45, 2.75) is 39.7 Å². The Bertz CT molecular complexity index is 859. The fourth-order valence-electron chi connectivity index (χ4n) is 3.12. The fraction of sp³-hybridized carbons (Fsp3) is 0.400. The molecule has 2 N–H and O–H groups in total. The maximum atomic E-state index is 10.3. The van der Waals surface area contributed by atoms with Crippen LogP contribution in [0.1, 0.15) is 42.8 Å². The summed E-state index contributed by atoms with van der Waals surface area (Å²) in [7, 11) is 1.54. The number of fused-ring (bicyclic) bond motifs is 1. The van der Waals surface area contributed by atoms with Crippen LogP contribution >= 0.6 is 0 Å². The van der Waals surface area contributed by atoms with E-state index < -0.39 is 5.60 Å². The molecule has 1 aliphatic rings. The van der Waals surface area contributed by atoms with Gasteiger partial charge in [0.15, 0.2) is 11.5 Å². The normalized spacial score (nSPS) is 13.3. The first-order valence-corrected chi connectivity index (χ1v) is 8.54. The molecular formula is C20H24N2O4. The van der Waals surface area contributed by atoms with E-state index in [-0.39, 0.29) is 5.76 Å². The number of methoxy groups -OCH3 is 1. The molecular weight excluding hydrogens is 332 g/mol. The summed E-state index contributed by atoms with van der Waals surface area (Å²) in [4.78, 5) is 8.89. The Kier molecular flexibility index (Phi) is 4.63. The van der Waals surface area contributed by atoms with Gasteiger partial charge in [0.1, 0.15) is 0 Å². The lowest BCUT2D eigenvalue weighted by molar-refractivity contribution is 0.0539. The van der Waals surface area contributed by atoms with E-state index in [2.05, 4.69) is 9.97 Å². The van der Waals surface area contributed by atoms with E-state index >= 15 is 0 Å². The quantitative estimate of drug-likeness (QED) is 0.822. The van der Waals surface area contributed by atoms with Crippen LogP contribution in [0.2, 0.25) is 0 Å². The highest BCUT2D eigenvalue weighted by Crippen LogP contribution is 2.45. The SMILES string of the molecule is COC1=C(O)c2c1cccc2-c1c(C)nc(OCCC(C)(C)O)nc1C. The van der Waals surface area contributed by atoms with E-state index in [0.29, 0.717) is 24.8 Å². The number of aliphatic hydroxyl groups is 2. The van der Waals surface area contributed by atoms with E-state index in [1.54, 1.807) is 21.0 Å². The molecule has 26 heavy (non-hydrogen) atoms.